The molecule has 2 amide bonds. The number of hydrogen-bond donors (Lipinski definition) is 2. The van der Waals surface area contributed by atoms with Crippen molar-refractivity contribution in [1.29, 1.82) is 0 Å². The molecule has 0 bridgehead atoms. The first kappa shape index (κ1) is 16.4. The Hall–Kier alpha value is -1.50. The van der Waals surface area contributed by atoms with Gasteiger partial charge in [0, 0.05) is 5.69 Å². The summed E-state index contributed by atoms with van der Waals surface area (Å²) in [5.74, 6) is 0.580. The summed E-state index contributed by atoms with van der Waals surface area (Å²) in [6.45, 7) is 3.40. The maximum Gasteiger partial charge on any atom is 0.319 e. The lowest BCUT2D eigenvalue weighted by atomic mass is 10.1. The molecule has 1 aromatic rings. The van der Waals surface area contributed by atoms with E-state index in [0.717, 1.165) is 13.1 Å². The van der Waals surface area contributed by atoms with Gasteiger partial charge >= 0.3 is 6.03 Å². The molecule has 0 unspecified atom stereocenters. The van der Waals surface area contributed by atoms with Crippen molar-refractivity contribution < 1.29 is 14.3 Å². The molecule has 0 aromatic heterocycles. The van der Waals surface area contributed by atoms with Crippen LogP contribution in [0.25, 0.3) is 0 Å². The second-order valence-corrected chi connectivity index (χ2v) is 6.31. The van der Waals surface area contributed by atoms with E-state index < -0.39 is 0 Å². The van der Waals surface area contributed by atoms with Crippen LogP contribution in [0.5, 0.6) is 5.75 Å². The molecule has 0 radical (unpaired) electrons. The van der Waals surface area contributed by atoms with Gasteiger partial charge in [0.05, 0.1) is 37.4 Å². The van der Waals surface area contributed by atoms with Gasteiger partial charge in [-0.15, -0.1) is 0 Å². The number of anilines is 1. The van der Waals surface area contributed by atoms with Gasteiger partial charge in [-0.25, -0.2) is 4.79 Å². The summed E-state index contributed by atoms with van der Waals surface area (Å²) in [5.41, 5.74) is 0.630. The van der Waals surface area contributed by atoms with Crippen molar-refractivity contribution in [2.45, 2.75) is 24.9 Å². The van der Waals surface area contributed by atoms with Crippen molar-refractivity contribution in [1.82, 2.24) is 10.2 Å². The van der Waals surface area contributed by atoms with E-state index in [1.54, 1.807) is 25.3 Å². The number of benzene rings is 1. The standard InChI is InChI=1S/C16H22ClN3O3/c1-22-15-5-4-11(8-12(15)17)18-16(21)19-13-9-23-10-14(13)20-6-2-3-7-20/h4-5,8,13-14H,2-3,6-7,9-10H2,1H3,(H2,18,19,21)/t13-,14-/m1/s1. The van der Waals surface area contributed by atoms with Gasteiger partial charge in [0.25, 0.3) is 0 Å². The highest BCUT2D eigenvalue weighted by molar-refractivity contribution is 6.32. The van der Waals surface area contributed by atoms with E-state index in [9.17, 15) is 4.79 Å². The molecule has 2 fully saturated rings. The van der Waals surface area contributed by atoms with Crippen LogP contribution in [0.1, 0.15) is 12.8 Å². The molecule has 23 heavy (non-hydrogen) atoms. The van der Waals surface area contributed by atoms with Crippen molar-refractivity contribution >= 4 is 23.3 Å². The van der Waals surface area contributed by atoms with E-state index in [2.05, 4.69) is 15.5 Å². The minimum atomic E-state index is -0.245. The number of methoxy groups -OCH3 is 1. The number of carbonyl (C=O) groups is 1. The molecule has 2 saturated heterocycles. The molecule has 2 heterocycles. The van der Waals surface area contributed by atoms with Crippen molar-refractivity contribution in [3.63, 3.8) is 0 Å². The molecule has 2 aliphatic heterocycles. The molecule has 3 rings (SSSR count). The van der Waals surface area contributed by atoms with Crippen LogP contribution in [0.3, 0.4) is 0 Å². The summed E-state index contributed by atoms with van der Waals surface area (Å²) in [5, 5.41) is 6.28. The van der Waals surface area contributed by atoms with Crippen LogP contribution in [0.2, 0.25) is 5.02 Å². The molecule has 0 aliphatic carbocycles. The lowest BCUT2D eigenvalue weighted by Crippen LogP contribution is -2.51. The number of carbonyl (C=O) groups excluding carboxylic acids is 1. The summed E-state index contributed by atoms with van der Waals surface area (Å²) in [4.78, 5) is 14.6. The van der Waals surface area contributed by atoms with E-state index in [4.69, 9.17) is 21.1 Å². The zero-order valence-corrected chi connectivity index (χ0v) is 13.9. The van der Waals surface area contributed by atoms with Gasteiger partial charge in [0.2, 0.25) is 0 Å². The Kier molecular flexibility index (Phi) is 5.25. The molecule has 1 aromatic carbocycles. The Morgan fingerprint density at radius 3 is 2.83 bits per heavy atom. The molecule has 2 aliphatic rings. The third kappa shape index (κ3) is 3.88. The van der Waals surface area contributed by atoms with Gasteiger partial charge in [0.15, 0.2) is 0 Å². The van der Waals surface area contributed by atoms with Crippen LogP contribution in [0.15, 0.2) is 18.2 Å². The zero-order chi connectivity index (χ0) is 16.2. The normalized spacial score (nSPS) is 24.6. The number of ether oxygens (including phenoxy) is 2. The number of rotatable bonds is 4. The lowest BCUT2D eigenvalue weighted by Gasteiger charge is -2.27. The van der Waals surface area contributed by atoms with Crippen molar-refractivity contribution in [2.75, 3.05) is 38.7 Å². The zero-order valence-electron chi connectivity index (χ0n) is 13.2. The maximum atomic E-state index is 12.2. The highest BCUT2D eigenvalue weighted by Gasteiger charge is 2.35. The fourth-order valence-electron chi connectivity index (χ4n) is 3.19. The maximum absolute atomic E-state index is 12.2. The number of urea groups is 1. The second kappa shape index (κ2) is 7.38. The summed E-state index contributed by atoms with van der Waals surface area (Å²) in [6, 6.07) is 5.19. The molecule has 0 saturated carbocycles. The number of amides is 2. The summed E-state index contributed by atoms with van der Waals surface area (Å²) < 4.78 is 10.7. The smallest absolute Gasteiger partial charge is 0.319 e. The van der Waals surface area contributed by atoms with E-state index in [1.807, 2.05) is 0 Å². The Bertz CT molecular complexity index is 564. The molecular formula is C16H22ClN3O3. The highest BCUT2D eigenvalue weighted by Crippen LogP contribution is 2.27. The van der Waals surface area contributed by atoms with Crippen LogP contribution in [-0.2, 0) is 4.74 Å². The van der Waals surface area contributed by atoms with Crippen LogP contribution in [0.4, 0.5) is 10.5 Å². The van der Waals surface area contributed by atoms with E-state index in [0.29, 0.717) is 29.7 Å². The van der Waals surface area contributed by atoms with Crippen molar-refractivity contribution in [3.8, 4) is 5.75 Å². The Morgan fingerprint density at radius 1 is 1.35 bits per heavy atom. The van der Waals surface area contributed by atoms with E-state index in [1.165, 1.54) is 12.8 Å². The molecular weight excluding hydrogens is 318 g/mol. The Morgan fingerprint density at radius 2 is 2.13 bits per heavy atom. The fourth-order valence-corrected chi connectivity index (χ4v) is 3.45. The number of nitrogens with zero attached hydrogens (tertiary/aromatic N) is 1. The lowest BCUT2D eigenvalue weighted by molar-refractivity contribution is 0.159. The van der Waals surface area contributed by atoms with Gasteiger partial charge in [-0.3, -0.25) is 4.90 Å². The summed E-state index contributed by atoms with van der Waals surface area (Å²) in [6.07, 6.45) is 2.44. The van der Waals surface area contributed by atoms with Gasteiger partial charge in [-0.05, 0) is 44.1 Å². The van der Waals surface area contributed by atoms with Gasteiger partial charge in [-0.1, -0.05) is 11.6 Å². The topological polar surface area (TPSA) is 62.8 Å². The number of nitrogens with one attached hydrogen (secondary N) is 2. The monoisotopic (exact) mass is 339 g/mol. The van der Waals surface area contributed by atoms with Gasteiger partial charge in [0.1, 0.15) is 5.75 Å². The number of hydrogen-bond acceptors (Lipinski definition) is 4. The Balaban J connectivity index is 1.57. The predicted octanol–water partition coefficient (Wildman–Crippen LogP) is 2.33. The van der Waals surface area contributed by atoms with Crippen LogP contribution >= 0.6 is 11.6 Å². The largest absolute Gasteiger partial charge is 0.495 e. The quantitative estimate of drug-likeness (QED) is 0.883. The third-order valence-electron chi connectivity index (χ3n) is 4.39. The van der Waals surface area contributed by atoms with Crippen molar-refractivity contribution in [3.05, 3.63) is 23.2 Å². The first-order valence-electron chi connectivity index (χ1n) is 7.90. The molecule has 2 atom stereocenters. The molecule has 7 heteroatoms. The molecule has 126 valence electrons. The van der Waals surface area contributed by atoms with Crippen LogP contribution in [0, 0.1) is 0 Å². The molecule has 6 nitrogen and oxygen atoms in total. The second-order valence-electron chi connectivity index (χ2n) is 5.90. The number of likely N-dealkylation sites (tertiary alicyclic amines) is 1. The Labute approximate surface area is 141 Å². The first-order chi connectivity index (χ1) is 11.2. The van der Waals surface area contributed by atoms with Crippen molar-refractivity contribution in [2.24, 2.45) is 0 Å². The average Bonchev–Trinajstić information content (AvgIpc) is 3.18. The van der Waals surface area contributed by atoms with E-state index in [-0.39, 0.29) is 18.1 Å². The van der Waals surface area contributed by atoms with E-state index >= 15 is 0 Å². The SMILES string of the molecule is COc1ccc(NC(=O)N[C@@H]2COC[C@H]2N2CCCC2)cc1Cl. The third-order valence-corrected chi connectivity index (χ3v) is 4.68. The van der Waals surface area contributed by atoms with Crippen LogP contribution in [-0.4, -0.2) is 56.4 Å². The first-order valence-corrected chi connectivity index (χ1v) is 8.28. The summed E-state index contributed by atoms with van der Waals surface area (Å²) >= 11 is 6.07. The summed E-state index contributed by atoms with van der Waals surface area (Å²) in [7, 11) is 1.56. The fraction of sp³-hybridized carbons (Fsp3) is 0.562. The van der Waals surface area contributed by atoms with Gasteiger partial charge in [-0.2, -0.15) is 0 Å². The number of halogens is 1. The molecule has 2 N–H and O–H groups in total. The predicted molar refractivity (Wildman–Crippen MR) is 89.4 cm³/mol. The highest BCUT2D eigenvalue weighted by atomic mass is 35.5. The average molecular weight is 340 g/mol. The van der Waals surface area contributed by atoms with Crippen LogP contribution < -0.4 is 15.4 Å². The van der Waals surface area contributed by atoms with Gasteiger partial charge < -0.3 is 20.1 Å². The molecule has 0 spiro atoms. The minimum absolute atomic E-state index is 0.0156. The minimum Gasteiger partial charge on any atom is -0.495 e.